The average Bonchev–Trinajstić information content (AvgIpc) is 2.49. The number of amides is 3. The molecule has 5 heteroatoms. The van der Waals surface area contributed by atoms with Gasteiger partial charge in [-0.05, 0) is 42.9 Å². The lowest BCUT2D eigenvalue weighted by Crippen LogP contribution is -2.43. The molecule has 1 aromatic carbocycles. The van der Waals surface area contributed by atoms with Gasteiger partial charge in [0.25, 0.3) is 0 Å². The van der Waals surface area contributed by atoms with Crippen molar-refractivity contribution in [2.24, 2.45) is 11.7 Å². The third kappa shape index (κ3) is 4.76. The second-order valence-corrected chi connectivity index (χ2v) is 6.00. The molecule has 1 aliphatic rings. The fraction of sp³-hybridized carbons (Fsp3) is 0.529. The molecule has 0 spiro atoms. The van der Waals surface area contributed by atoms with Crippen molar-refractivity contribution in [2.75, 3.05) is 18.4 Å². The van der Waals surface area contributed by atoms with Crippen molar-refractivity contribution in [1.29, 1.82) is 0 Å². The van der Waals surface area contributed by atoms with Crippen molar-refractivity contribution in [2.45, 2.75) is 39.0 Å². The predicted molar refractivity (Wildman–Crippen MR) is 87.6 cm³/mol. The Morgan fingerprint density at radius 1 is 1.32 bits per heavy atom. The molecule has 1 fully saturated rings. The number of hydrogen-bond acceptors (Lipinski definition) is 2. The highest BCUT2D eigenvalue weighted by Gasteiger charge is 2.24. The normalized spacial score (nSPS) is 18.0. The first-order valence-electron chi connectivity index (χ1n) is 8.01. The van der Waals surface area contributed by atoms with E-state index in [0.717, 1.165) is 37.9 Å². The number of nitrogens with two attached hydrogens (primary N) is 1. The third-order valence-corrected chi connectivity index (χ3v) is 4.04. The van der Waals surface area contributed by atoms with Gasteiger partial charge >= 0.3 is 6.03 Å². The average molecular weight is 303 g/mol. The number of carbonyl (C=O) groups excluding carboxylic acids is 2. The number of piperidine rings is 1. The quantitative estimate of drug-likeness (QED) is 0.877. The van der Waals surface area contributed by atoms with Crippen LogP contribution < -0.4 is 11.1 Å². The summed E-state index contributed by atoms with van der Waals surface area (Å²) in [5, 5.41) is 2.93. The van der Waals surface area contributed by atoms with Crippen LogP contribution >= 0.6 is 0 Å². The first kappa shape index (κ1) is 16.3. The van der Waals surface area contributed by atoms with E-state index in [4.69, 9.17) is 5.73 Å². The minimum Gasteiger partial charge on any atom is -0.370 e. The molecule has 2 rings (SSSR count). The van der Waals surface area contributed by atoms with Crippen LogP contribution in [0.1, 0.15) is 38.2 Å². The predicted octanol–water partition coefficient (Wildman–Crippen LogP) is 2.76. The van der Waals surface area contributed by atoms with Crippen LogP contribution in [0.15, 0.2) is 24.3 Å². The largest absolute Gasteiger partial charge is 0.370 e. The highest BCUT2D eigenvalue weighted by Crippen LogP contribution is 2.20. The molecule has 0 unspecified atom stereocenters. The number of hydrogen-bond donors (Lipinski definition) is 2. The first-order chi connectivity index (χ1) is 10.6. The minimum absolute atomic E-state index is 0.0996. The minimum atomic E-state index is -0.293. The Bertz CT molecular complexity index is 513. The molecule has 1 atom stereocenters. The maximum absolute atomic E-state index is 12.3. The molecule has 0 bridgehead atoms. The van der Waals surface area contributed by atoms with E-state index < -0.39 is 0 Å². The Labute approximate surface area is 131 Å². The van der Waals surface area contributed by atoms with Crippen LogP contribution in [0.2, 0.25) is 0 Å². The monoisotopic (exact) mass is 303 g/mol. The van der Waals surface area contributed by atoms with Crippen LogP contribution in [0.4, 0.5) is 10.5 Å². The molecule has 1 aliphatic heterocycles. The van der Waals surface area contributed by atoms with Gasteiger partial charge in [-0.3, -0.25) is 4.79 Å². The molecule has 3 N–H and O–H groups in total. The van der Waals surface area contributed by atoms with E-state index in [9.17, 15) is 9.59 Å². The van der Waals surface area contributed by atoms with E-state index >= 15 is 0 Å². The summed E-state index contributed by atoms with van der Waals surface area (Å²) in [6.45, 7) is 3.48. The van der Waals surface area contributed by atoms with Gasteiger partial charge in [0.1, 0.15) is 0 Å². The number of anilines is 1. The van der Waals surface area contributed by atoms with Crippen molar-refractivity contribution >= 4 is 17.6 Å². The van der Waals surface area contributed by atoms with Crippen LogP contribution in [0.25, 0.3) is 0 Å². The molecule has 22 heavy (non-hydrogen) atoms. The van der Waals surface area contributed by atoms with E-state index in [-0.39, 0.29) is 17.9 Å². The molecular weight excluding hydrogens is 278 g/mol. The van der Waals surface area contributed by atoms with E-state index in [0.29, 0.717) is 13.0 Å². The van der Waals surface area contributed by atoms with Gasteiger partial charge in [0.05, 0.1) is 0 Å². The maximum atomic E-state index is 12.3. The van der Waals surface area contributed by atoms with Gasteiger partial charge in [-0.25, -0.2) is 4.79 Å². The zero-order chi connectivity index (χ0) is 15.9. The number of urea groups is 1. The lowest BCUT2D eigenvalue weighted by atomic mass is 9.95. The Morgan fingerprint density at radius 2 is 2.05 bits per heavy atom. The number of nitrogens with one attached hydrogen (secondary N) is 1. The second kappa shape index (κ2) is 7.82. The van der Waals surface area contributed by atoms with Gasteiger partial charge in [-0.1, -0.05) is 25.5 Å². The van der Waals surface area contributed by atoms with Gasteiger partial charge in [-0.15, -0.1) is 0 Å². The fourth-order valence-electron chi connectivity index (χ4n) is 2.95. The number of primary amides is 1. The SMILES string of the molecule is CCCc1ccc(NC(=O)N2CCC[C@@H](CC(N)=O)C2)cc1. The number of likely N-dealkylation sites (tertiary alicyclic amines) is 1. The molecule has 1 heterocycles. The third-order valence-electron chi connectivity index (χ3n) is 4.04. The summed E-state index contributed by atoms with van der Waals surface area (Å²) in [6, 6.07) is 7.87. The summed E-state index contributed by atoms with van der Waals surface area (Å²) in [4.78, 5) is 25.1. The van der Waals surface area contributed by atoms with Crippen LogP contribution in [0, 0.1) is 5.92 Å². The van der Waals surface area contributed by atoms with Crippen molar-refractivity contribution in [3.05, 3.63) is 29.8 Å². The Kier molecular flexibility index (Phi) is 5.81. The summed E-state index contributed by atoms with van der Waals surface area (Å²) in [5.41, 5.74) is 7.33. The van der Waals surface area contributed by atoms with Crippen molar-refractivity contribution in [3.63, 3.8) is 0 Å². The second-order valence-electron chi connectivity index (χ2n) is 6.00. The molecule has 0 aliphatic carbocycles. The molecule has 120 valence electrons. The van der Waals surface area contributed by atoms with E-state index in [1.807, 2.05) is 24.3 Å². The van der Waals surface area contributed by atoms with Gasteiger partial charge in [-0.2, -0.15) is 0 Å². The van der Waals surface area contributed by atoms with Crippen LogP contribution in [0.3, 0.4) is 0 Å². The summed E-state index contributed by atoms with van der Waals surface area (Å²) in [7, 11) is 0. The summed E-state index contributed by atoms with van der Waals surface area (Å²) in [5.74, 6) is -0.109. The van der Waals surface area contributed by atoms with E-state index in [1.54, 1.807) is 4.90 Å². The summed E-state index contributed by atoms with van der Waals surface area (Å²) < 4.78 is 0. The maximum Gasteiger partial charge on any atom is 0.321 e. The standard InChI is InChI=1S/C17H25N3O2/c1-2-4-13-6-8-15(9-7-13)19-17(22)20-10-3-5-14(12-20)11-16(18)21/h6-9,14H,2-5,10-12H2,1H3,(H2,18,21)(H,19,22)/t14-/m0/s1. The number of carbonyl (C=O) groups is 2. The Balaban J connectivity index is 1.89. The van der Waals surface area contributed by atoms with Crippen molar-refractivity contribution in [3.8, 4) is 0 Å². The molecule has 0 radical (unpaired) electrons. The number of benzene rings is 1. The van der Waals surface area contributed by atoms with Gasteiger partial charge < -0.3 is 16.0 Å². The highest BCUT2D eigenvalue weighted by molar-refractivity contribution is 5.89. The number of nitrogens with zero attached hydrogens (tertiary/aromatic N) is 1. The van der Waals surface area contributed by atoms with Crippen LogP contribution in [-0.2, 0) is 11.2 Å². The van der Waals surface area contributed by atoms with Crippen LogP contribution in [0.5, 0.6) is 0 Å². The number of rotatable bonds is 5. The Morgan fingerprint density at radius 3 is 2.68 bits per heavy atom. The smallest absolute Gasteiger partial charge is 0.321 e. The summed E-state index contributed by atoms with van der Waals surface area (Å²) >= 11 is 0. The number of aryl methyl sites for hydroxylation is 1. The first-order valence-corrected chi connectivity index (χ1v) is 8.01. The molecular formula is C17H25N3O2. The van der Waals surface area contributed by atoms with Crippen molar-refractivity contribution < 1.29 is 9.59 Å². The molecule has 1 aromatic rings. The van der Waals surface area contributed by atoms with E-state index in [2.05, 4.69) is 12.2 Å². The summed E-state index contributed by atoms with van der Waals surface area (Å²) in [6.07, 6.45) is 4.39. The molecule has 0 saturated carbocycles. The highest BCUT2D eigenvalue weighted by atomic mass is 16.2. The topological polar surface area (TPSA) is 75.4 Å². The van der Waals surface area contributed by atoms with Crippen molar-refractivity contribution in [1.82, 2.24) is 4.90 Å². The molecule has 3 amide bonds. The van der Waals surface area contributed by atoms with Gasteiger partial charge in [0.2, 0.25) is 5.91 Å². The fourth-order valence-corrected chi connectivity index (χ4v) is 2.95. The molecule has 0 aromatic heterocycles. The zero-order valence-electron chi connectivity index (χ0n) is 13.2. The zero-order valence-corrected chi connectivity index (χ0v) is 13.2. The lowest BCUT2D eigenvalue weighted by molar-refractivity contribution is -0.119. The Hall–Kier alpha value is -2.04. The van der Waals surface area contributed by atoms with E-state index in [1.165, 1.54) is 5.56 Å². The van der Waals surface area contributed by atoms with Gasteiger partial charge in [0, 0.05) is 25.2 Å². The van der Waals surface area contributed by atoms with Gasteiger partial charge in [0.15, 0.2) is 0 Å². The molecule has 5 nitrogen and oxygen atoms in total. The lowest BCUT2D eigenvalue weighted by Gasteiger charge is -2.32. The van der Waals surface area contributed by atoms with Crippen LogP contribution in [-0.4, -0.2) is 29.9 Å². The molecule has 1 saturated heterocycles.